The fraction of sp³-hybridized carbons (Fsp3) is 0.462. The zero-order chi connectivity index (χ0) is 15.0. The number of rotatable bonds is 3. The number of aliphatic hydroxyl groups is 4. The van der Waals surface area contributed by atoms with Crippen molar-refractivity contribution in [1.29, 1.82) is 0 Å². The summed E-state index contributed by atoms with van der Waals surface area (Å²) < 4.78 is 7.16. The third kappa shape index (κ3) is 2.93. The Morgan fingerprint density at radius 3 is 2.62 bits per heavy atom. The predicted molar refractivity (Wildman–Crippen MR) is 79.2 cm³/mol. The van der Waals surface area contributed by atoms with Crippen molar-refractivity contribution in [1.82, 2.24) is 4.98 Å². The number of nitrogens with zero attached hydrogens (tertiary/aromatic N) is 1. The van der Waals surface area contributed by atoms with Crippen molar-refractivity contribution in [3.05, 3.63) is 24.3 Å². The van der Waals surface area contributed by atoms with Gasteiger partial charge in [-0.1, -0.05) is 23.9 Å². The molecule has 1 aromatic carbocycles. The Kier molecular flexibility index (Phi) is 4.46. The third-order valence-electron chi connectivity index (χ3n) is 3.34. The van der Waals surface area contributed by atoms with Gasteiger partial charge in [0.1, 0.15) is 29.9 Å². The van der Waals surface area contributed by atoms with E-state index in [1.165, 1.54) is 23.1 Å². The summed E-state index contributed by atoms with van der Waals surface area (Å²) in [5.41, 5.74) is 0.0655. The van der Waals surface area contributed by atoms with Gasteiger partial charge in [0.15, 0.2) is 4.34 Å². The molecule has 21 heavy (non-hydrogen) atoms. The molecule has 114 valence electrons. The Labute approximate surface area is 129 Å². The highest BCUT2D eigenvalue weighted by molar-refractivity contribution is 8.01. The van der Waals surface area contributed by atoms with Crippen LogP contribution in [0.5, 0.6) is 0 Å². The van der Waals surface area contributed by atoms with Crippen molar-refractivity contribution >= 4 is 33.3 Å². The molecule has 0 amide bonds. The maximum atomic E-state index is 10.00. The van der Waals surface area contributed by atoms with Crippen LogP contribution in [0.15, 0.2) is 28.6 Å². The minimum Gasteiger partial charge on any atom is -0.394 e. The number of para-hydroxylation sites is 1. The van der Waals surface area contributed by atoms with Crippen molar-refractivity contribution in [2.24, 2.45) is 0 Å². The van der Waals surface area contributed by atoms with Gasteiger partial charge in [-0.05, 0) is 12.1 Å². The molecule has 0 aliphatic carbocycles. The van der Waals surface area contributed by atoms with Crippen LogP contribution < -0.4 is 0 Å². The number of benzene rings is 1. The Morgan fingerprint density at radius 1 is 1.14 bits per heavy atom. The van der Waals surface area contributed by atoms with E-state index in [1.807, 2.05) is 24.3 Å². The third-order valence-corrected chi connectivity index (χ3v) is 5.62. The van der Waals surface area contributed by atoms with E-state index >= 15 is 0 Å². The second-order valence-electron chi connectivity index (χ2n) is 4.76. The normalized spacial score (nSPS) is 33.4. The molecule has 0 unspecified atom stereocenters. The lowest BCUT2D eigenvalue weighted by Crippen LogP contribution is -2.57. The standard InChI is InChI=1S/C13H15NO5S2/c15-5-7-9(16)10(17)11(18)12(19-7)21-13-14-6-3-1-2-4-8(6)20-13/h1-4,7,9-12,15-18H,5H2/t7-,9-,10+,11-,12+/m1/s1. The summed E-state index contributed by atoms with van der Waals surface area (Å²) in [4.78, 5) is 4.42. The zero-order valence-corrected chi connectivity index (χ0v) is 12.5. The van der Waals surface area contributed by atoms with Crippen LogP contribution >= 0.6 is 23.1 Å². The van der Waals surface area contributed by atoms with Gasteiger partial charge in [0, 0.05) is 0 Å². The quantitative estimate of drug-likeness (QED) is 0.637. The molecule has 5 atom stereocenters. The lowest BCUT2D eigenvalue weighted by molar-refractivity contribution is -0.205. The minimum atomic E-state index is -1.36. The summed E-state index contributed by atoms with van der Waals surface area (Å²) in [7, 11) is 0. The Bertz CT molecular complexity index is 586. The molecule has 2 heterocycles. The van der Waals surface area contributed by atoms with Gasteiger partial charge in [-0.2, -0.15) is 0 Å². The van der Waals surface area contributed by atoms with E-state index in [2.05, 4.69) is 4.98 Å². The predicted octanol–water partition coefficient (Wildman–Crippen LogP) is 0.188. The molecule has 8 heteroatoms. The molecule has 1 saturated heterocycles. The number of hydrogen-bond donors (Lipinski definition) is 4. The number of ether oxygens (including phenoxy) is 1. The van der Waals surface area contributed by atoms with Crippen LogP contribution in [0.3, 0.4) is 0 Å². The molecule has 4 N–H and O–H groups in total. The van der Waals surface area contributed by atoms with Crippen LogP contribution in [0, 0.1) is 0 Å². The summed E-state index contributed by atoms with van der Waals surface area (Å²) >= 11 is 2.63. The van der Waals surface area contributed by atoms with Crippen LogP contribution in [-0.4, -0.2) is 61.9 Å². The SMILES string of the molecule is OC[C@H]1O[C@@H](Sc2nc3ccccc3s2)[C@H](O)[C@@H](O)[C@@H]1O. The van der Waals surface area contributed by atoms with Gasteiger partial charge < -0.3 is 25.2 Å². The van der Waals surface area contributed by atoms with Crippen molar-refractivity contribution < 1.29 is 25.2 Å². The minimum absolute atomic E-state index is 0.429. The Morgan fingerprint density at radius 2 is 1.90 bits per heavy atom. The number of aliphatic hydroxyl groups excluding tert-OH is 4. The van der Waals surface area contributed by atoms with Crippen molar-refractivity contribution in [2.45, 2.75) is 34.2 Å². The fourth-order valence-electron chi connectivity index (χ4n) is 2.17. The molecule has 1 aromatic heterocycles. The monoisotopic (exact) mass is 329 g/mol. The average Bonchev–Trinajstić information content (AvgIpc) is 2.90. The second-order valence-corrected chi connectivity index (χ2v) is 7.14. The molecule has 0 bridgehead atoms. The number of thioether (sulfide) groups is 1. The average molecular weight is 329 g/mol. The fourth-order valence-corrected chi connectivity index (χ4v) is 4.46. The van der Waals surface area contributed by atoms with Gasteiger partial charge in [0.25, 0.3) is 0 Å². The number of aromatic nitrogens is 1. The highest BCUT2D eigenvalue weighted by Gasteiger charge is 2.44. The van der Waals surface area contributed by atoms with Crippen molar-refractivity contribution in [3.63, 3.8) is 0 Å². The molecule has 1 fully saturated rings. The summed E-state index contributed by atoms with van der Waals surface area (Å²) in [6.45, 7) is -0.429. The van der Waals surface area contributed by atoms with Crippen molar-refractivity contribution in [3.8, 4) is 0 Å². The first-order valence-electron chi connectivity index (χ1n) is 6.43. The van der Waals surface area contributed by atoms with Crippen LogP contribution in [0.4, 0.5) is 0 Å². The Hall–Kier alpha value is -0.740. The maximum absolute atomic E-state index is 10.00. The van der Waals surface area contributed by atoms with Crippen LogP contribution in [0.25, 0.3) is 10.2 Å². The lowest BCUT2D eigenvalue weighted by Gasteiger charge is -2.39. The molecular formula is C13H15NO5S2. The molecule has 0 spiro atoms. The molecule has 1 aliphatic heterocycles. The van der Waals surface area contributed by atoms with E-state index < -0.39 is 36.5 Å². The summed E-state index contributed by atoms with van der Waals surface area (Å²) in [6.07, 6.45) is -4.84. The largest absolute Gasteiger partial charge is 0.394 e. The second kappa shape index (κ2) is 6.17. The first-order chi connectivity index (χ1) is 10.1. The first-order valence-corrected chi connectivity index (χ1v) is 8.12. The molecule has 6 nitrogen and oxygen atoms in total. The first kappa shape index (κ1) is 15.2. The number of thiazole rings is 1. The van der Waals surface area contributed by atoms with Crippen molar-refractivity contribution in [2.75, 3.05) is 6.61 Å². The zero-order valence-electron chi connectivity index (χ0n) is 10.9. The molecule has 0 radical (unpaired) electrons. The van der Waals surface area contributed by atoms with Gasteiger partial charge in [-0.25, -0.2) is 4.98 Å². The molecule has 0 saturated carbocycles. The van der Waals surface area contributed by atoms with Gasteiger partial charge in [0.2, 0.25) is 0 Å². The van der Waals surface area contributed by atoms with Gasteiger partial charge in [0.05, 0.1) is 16.8 Å². The Balaban J connectivity index is 1.79. The molecule has 3 rings (SSSR count). The summed E-state index contributed by atoms with van der Waals surface area (Å²) in [5.74, 6) is 0. The molecule has 2 aromatic rings. The summed E-state index contributed by atoms with van der Waals surface area (Å²) in [5, 5.41) is 38.7. The van der Waals surface area contributed by atoms with Crippen LogP contribution in [0.1, 0.15) is 0 Å². The maximum Gasteiger partial charge on any atom is 0.153 e. The summed E-state index contributed by atoms with van der Waals surface area (Å²) in [6, 6.07) is 7.65. The highest BCUT2D eigenvalue weighted by atomic mass is 32.2. The van der Waals surface area contributed by atoms with Crippen LogP contribution in [0.2, 0.25) is 0 Å². The van der Waals surface area contributed by atoms with E-state index in [1.54, 1.807) is 0 Å². The topological polar surface area (TPSA) is 103 Å². The highest BCUT2D eigenvalue weighted by Crippen LogP contribution is 2.37. The molecular weight excluding hydrogens is 314 g/mol. The number of fused-ring (bicyclic) bond motifs is 1. The van der Waals surface area contributed by atoms with Gasteiger partial charge in [-0.15, -0.1) is 11.3 Å². The molecule has 1 aliphatic rings. The van der Waals surface area contributed by atoms with E-state index in [0.29, 0.717) is 4.34 Å². The van der Waals surface area contributed by atoms with Gasteiger partial charge >= 0.3 is 0 Å². The van der Waals surface area contributed by atoms with E-state index in [4.69, 9.17) is 9.84 Å². The van der Waals surface area contributed by atoms with Crippen LogP contribution in [-0.2, 0) is 4.74 Å². The van der Waals surface area contributed by atoms with E-state index in [-0.39, 0.29) is 0 Å². The smallest absolute Gasteiger partial charge is 0.153 e. The van der Waals surface area contributed by atoms with E-state index in [0.717, 1.165) is 10.2 Å². The van der Waals surface area contributed by atoms with E-state index in [9.17, 15) is 15.3 Å². The lowest BCUT2D eigenvalue weighted by atomic mass is 10.0. The number of hydrogen-bond acceptors (Lipinski definition) is 8. The van der Waals surface area contributed by atoms with Gasteiger partial charge in [-0.3, -0.25) is 0 Å².